The summed E-state index contributed by atoms with van der Waals surface area (Å²) in [7, 11) is -2.31. The zero-order valence-electron chi connectivity index (χ0n) is 13.3. The summed E-state index contributed by atoms with van der Waals surface area (Å²) in [6.45, 7) is 5.66. The van der Waals surface area contributed by atoms with Gasteiger partial charge in [-0.15, -0.1) is 0 Å². The Balaban J connectivity index is 3.04. The number of nitro benzene ring substituents is 1. The maximum Gasteiger partial charge on any atom is 0.273 e. The fraction of sp³-hybridized carbons (Fsp3) is 0.571. The number of hydrogen-bond donors (Lipinski definition) is 1. The van der Waals surface area contributed by atoms with Crippen molar-refractivity contribution in [2.45, 2.75) is 38.1 Å². The molecule has 1 aromatic carbocycles. The van der Waals surface area contributed by atoms with Crippen molar-refractivity contribution in [2.75, 3.05) is 13.6 Å². The molecule has 0 bridgehead atoms. The second-order valence-corrected chi connectivity index (χ2v) is 7.69. The molecular formula is C14H23N3O4S. The highest BCUT2D eigenvalue weighted by Gasteiger charge is 2.27. The van der Waals surface area contributed by atoms with Crippen molar-refractivity contribution in [1.82, 2.24) is 4.31 Å². The van der Waals surface area contributed by atoms with E-state index in [0.29, 0.717) is 6.42 Å². The summed E-state index contributed by atoms with van der Waals surface area (Å²) in [5.41, 5.74) is 5.87. The summed E-state index contributed by atoms with van der Waals surface area (Å²) in [6, 6.07) is 3.97. The van der Waals surface area contributed by atoms with E-state index < -0.39 is 14.9 Å². The molecule has 22 heavy (non-hydrogen) atoms. The fourth-order valence-corrected chi connectivity index (χ4v) is 3.46. The van der Waals surface area contributed by atoms with E-state index in [1.54, 1.807) is 0 Å². The van der Waals surface area contributed by atoms with Crippen molar-refractivity contribution in [2.24, 2.45) is 11.7 Å². The molecule has 0 aliphatic rings. The molecule has 0 fully saturated rings. The average Bonchev–Trinajstić information content (AvgIpc) is 2.43. The van der Waals surface area contributed by atoms with Crippen LogP contribution in [-0.4, -0.2) is 37.3 Å². The lowest BCUT2D eigenvalue weighted by Gasteiger charge is -2.22. The maximum absolute atomic E-state index is 12.6. The number of sulfonamides is 1. The second kappa shape index (κ2) is 7.17. The van der Waals surface area contributed by atoms with Gasteiger partial charge in [0, 0.05) is 31.3 Å². The van der Waals surface area contributed by atoms with E-state index in [-0.39, 0.29) is 34.7 Å². The van der Waals surface area contributed by atoms with E-state index in [1.165, 1.54) is 36.5 Å². The van der Waals surface area contributed by atoms with E-state index in [2.05, 4.69) is 0 Å². The van der Waals surface area contributed by atoms with Gasteiger partial charge in [-0.05, 0) is 25.3 Å². The maximum atomic E-state index is 12.6. The van der Waals surface area contributed by atoms with Crippen molar-refractivity contribution in [3.8, 4) is 0 Å². The number of rotatable bonds is 7. The minimum Gasteiger partial charge on any atom is -0.327 e. The molecule has 0 aliphatic heterocycles. The first-order chi connectivity index (χ1) is 10.1. The number of nitro groups is 1. The summed E-state index contributed by atoms with van der Waals surface area (Å²) in [5, 5.41) is 10.9. The van der Waals surface area contributed by atoms with Gasteiger partial charge in [0.15, 0.2) is 0 Å². The Hall–Kier alpha value is -1.51. The topological polar surface area (TPSA) is 107 Å². The van der Waals surface area contributed by atoms with E-state index >= 15 is 0 Å². The van der Waals surface area contributed by atoms with E-state index in [9.17, 15) is 18.5 Å². The van der Waals surface area contributed by atoms with Crippen molar-refractivity contribution >= 4 is 15.7 Å². The van der Waals surface area contributed by atoms with Crippen molar-refractivity contribution in [1.29, 1.82) is 0 Å². The summed E-state index contributed by atoms with van der Waals surface area (Å²) in [5.74, 6) is 0.260. The van der Waals surface area contributed by atoms with Gasteiger partial charge < -0.3 is 5.73 Å². The molecule has 7 nitrogen and oxygen atoms in total. The van der Waals surface area contributed by atoms with Gasteiger partial charge in [-0.2, -0.15) is 0 Å². The summed E-state index contributed by atoms with van der Waals surface area (Å²) < 4.78 is 26.3. The Morgan fingerprint density at radius 1 is 1.36 bits per heavy atom. The Bertz CT molecular complexity index is 643. The highest BCUT2D eigenvalue weighted by atomic mass is 32.2. The van der Waals surface area contributed by atoms with Gasteiger partial charge in [-0.3, -0.25) is 10.1 Å². The summed E-state index contributed by atoms with van der Waals surface area (Å²) in [6.07, 6.45) is 0.529. The second-order valence-electron chi connectivity index (χ2n) is 5.68. The van der Waals surface area contributed by atoms with Crippen molar-refractivity contribution < 1.29 is 13.3 Å². The molecule has 0 spiro atoms. The molecule has 1 aromatic rings. The fourth-order valence-electron chi connectivity index (χ4n) is 2.03. The van der Waals surface area contributed by atoms with Gasteiger partial charge in [-0.25, -0.2) is 12.7 Å². The SMILES string of the molecule is Cc1c([N+](=O)[O-])cccc1S(=O)(=O)N(C)CCC(N)C(C)C. The predicted octanol–water partition coefficient (Wildman–Crippen LogP) is 1.90. The van der Waals surface area contributed by atoms with E-state index in [1.807, 2.05) is 13.8 Å². The zero-order chi connectivity index (χ0) is 17.1. The molecular weight excluding hydrogens is 306 g/mol. The van der Waals surface area contributed by atoms with Crippen LogP contribution in [0.15, 0.2) is 23.1 Å². The van der Waals surface area contributed by atoms with Crippen LogP contribution in [0.4, 0.5) is 5.69 Å². The van der Waals surface area contributed by atoms with Crippen LogP contribution in [0.5, 0.6) is 0 Å². The van der Waals surface area contributed by atoms with Gasteiger partial charge in [0.2, 0.25) is 10.0 Å². The minimum atomic E-state index is -3.77. The van der Waals surface area contributed by atoms with Crippen LogP contribution < -0.4 is 5.73 Å². The quantitative estimate of drug-likeness (QED) is 0.607. The minimum absolute atomic E-state index is 0.0395. The third-order valence-corrected chi connectivity index (χ3v) is 5.78. The van der Waals surface area contributed by atoms with E-state index in [4.69, 9.17) is 5.73 Å². The van der Waals surface area contributed by atoms with Crippen molar-refractivity contribution in [3.05, 3.63) is 33.9 Å². The van der Waals surface area contributed by atoms with Gasteiger partial charge in [0.1, 0.15) is 0 Å². The van der Waals surface area contributed by atoms with E-state index in [0.717, 1.165) is 0 Å². The van der Waals surface area contributed by atoms with Crippen LogP contribution >= 0.6 is 0 Å². The van der Waals surface area contributed by atoms with Crippen LogP contribution in [0.3, 0.4) is 0 Å². The van der Waals surface area contributed by atoms with Crippen LogP contribution in [0, 0.1) is 23.0 Å². The molecule has 0 aliphatic carbocycles. The van der Waals surface area contributed by atoms with Gasteiger partial charge >= 0.3 is 0 Å². The molecule has 0 saturated heterocycles. The molecule has 0 heterocycles. The first-order valence-corrected chi connectivity index (χ1v) is 8.49. The molecule has 0 saturated carbocycles. The lowest BCUT2D eigenvalue weighted by atomic mass is 10.0. The normalized spacial score (nSPS) is 13.6. The summed E-state index contributed by atoms with van der Waals surface area (Å²) >= 11 is 0. The highest BCUT2D eigenvalue weighted by molar-refractivity contribution is 7.89. The van der Waals surface area contributed by atoms with Crippen LogP contribution in [0.1, 0.15) is 25.8 Å². The molecule has 8 heteroatoms. The molecule has 1 rings (SSSR count). The van der Waals surface area contributed by atoms with Crippen LogP contribution in [0.25, 0.3) is 0 Å². The molecule has 2 N–H and O–H groups in total. The first kappa shape index (κ1) is 18.5. The first-order valence-electron chi connectivity index (χ1n) is 7.05. The lowest BCUT2D eigenvalue weighted by Crippen LogP contribution is -2.35. The number of benzene rings is 1. The Morgan fingerprint density at radius 3 is 2.45 bits per heavy atom. The zero-order valence-corrected chi connectivity index (χ0v) is 14.1. The molecule has 1 unspecified atom stereocenters. The Kier molecular flexibility index (Phi) is 6.04. The van der Waals surface area contributed by atoms with Crippen molar-refractivity contribution in [3.63, 3.8) is 0 Å². The Labute approximate surface area is 131 Å². The van der Waals surface area contributed by atoms with Crippen LogP contribution in [-0.2, 0) is 10.0 Å². The predicted molar refractivity (Wildman–Crippen MR) is 85.1 cm³/mol. The Morgan fingerprint density at radius 2 is 1.95 bits per heavy atom. The van der Waals surface area contributed by atoms with Gasteiger partial charge in [0.25, 0.3) is 5.69 Å². The highest BCUT2D eigenvalue weighted by Crippen LogP contribution is 2.26. The largest absolute Gasteiger partial charge is 0.327 e. The standard InChI is InChI=1S/C14H23N3O4S/c1-10(2)12(15)8-9-16(4)22(20,21)14-7-5-6-13(11(14)3)17(18)19/h5-7,10,12H,8-9,15H2,1-4H3. The average molecular weight is 329 g/mol. The molecule has 0 amide bonds. The smallest absolute Gasteiger partial charge is 0.273 e. The third kappa shape index (κ3) is 4.02. The van der Waals surface area contributed by atoms with Gasteiger partial charge in [-0.1, -0.05) is 19.9 Å². The molecule has 0 aromatic heterocycles. The monoisotopic (exact) mass is 329 g/mol. The molecule has 0 radical (unpaired) electrons. The number of nitrogens with zero attached hydrogens (tertiary/aromatic N) is 2. The number of nitrogens with two attached hydrogens (primary N) is 1. The molecule has 124 valence electrons. The van der Waals surface area contributed by atoms with Gasteiger partial charge in [0.05, 0.1) is 9.82 Å². The summed E-state index contributed by atoms with van der Waals surface area (Å²) in [4.78, 5) is 10.3. The lowest BCUT2D eigenvalue weighted by molar-refractivity contribution is -0.385. The molecule has 1 atom stereocenters. The number of hydrogen-bond acceptors (Lipinski definition) is 5. The van der Waals surface area contributed by atoms with Crippen LogP contribution in [0.2, 0.25) is 0 Å². The third-order valence-electron chi connectivity index (χ3n) is 3.77.